The smallest absolute Gasteiger partial charge is 0.257 e. The topological polar surface area (TPSA) is 59.2 Å². The lowest BCUT2D eigenvalue weighted by atomic mass is 10.1. The van der Waals surface area contributed by atoms with Crippen LogP contribution in [0.1, 0.15) is 15.9 Å². The minimum atomic E-state index is -0.117. The molecular formula is C9H13N3O. The number of hydrogen-bond donors (Lipinski definition) is 1. The molecule has 0 radical (unpaired) electrons. The lowest BCUT2D eigenvalue weighted by molar-refractivity contribution is 0.0828. The standard InChI is InChI=1S/C9H13N3O/c1-6-4-11-5-7(8(6)10)9(13)12(2)3/h4-5H,1-3H3,(H2,10,11). The molecule has 0 atom stereocenters. The molecule has 0 bridgehead atoms. The van der Waals surface area contributed by atoms with Crippen molar-refractivity contribution in [1.82, 2.24) is 9.88 Å². The molecule has 0 saturated carbocycles. The summed E-state index contributed by atoms with van der Waals surface area (Å²) >= 11 is 0. The third-order valence-corrected chi connectivity index (χ3v) is 1.82. The Morgan fingerprint density at radius 2 is 2.08 bits per heavy atom. The van der Waals surface area contributed by atoms with E-state index in [1.165, 1.54) is 11.1 Å². The molecule has 0 saturated heterocycles. The van der Waals surface area contributed by atoms with E-state index < -0.39 is 0 Å². The van der Waals surface area contributed by atoms with Crippen LogP contribution in [0, 0.1) is 6.92 Å². The van der Waals surface area contributed by atoms with Gasteiger partial charge < -0.3 is 10.6 Å². The first-order valence-corrected chi connectivity index (χ1v) is 3.95. The first kappa shape index (κ1) is 9.51. The normalized spacial score (nSPS) is 9.77. The molecule has 1 aromatic rings. The molecule has 1 aromatic heterocycles. The molecule has 0 aromatic carbocycles. The number of aryl methyl sites for hydroxylation is 1. The molecule has 0 aliphatic carbocycles. The Labute approximate surface area is 77.4 Å². The molecule has 2 N–H and O–H groups in total. The van der Waals surface area contributed by atoms with E-state index in [1.54, 1.807) is 20.3 Å². The van der Waals surface area contributed by atoms with Gasteiger partial charge in [-0.3, -0.25) is 9.78 Å². The number of hydrogen-bond acceptors (Lipinski definition) is 3. The first-order chi connectivity index (χ1) is 6.04. The van der Waals surface area contributed by atoms with Crippen LogP contribution < -0.4 is 5.73 Å². The summed E-state index contributed by atoms with van der Waals surface area (Å²) in [6, 6.07) is 0. The van der Waals surface area contributed by atoms with E-state index >= 15 is 0 Å². The van der Waals surface area contributed by atoms with Gasteiger partial charge in [-0.1, -0.05) is 0 Å². The third-order valence-electron chi connectivity index (χ3n) is 1.82. The van der Waals surface area contributed by atoms with E-state index in [1.807, 2.05) is 6.92 Å². The van der Waals surface area contributed by atoms with Crippen LogP contribution in [0.3, 0.4) is 0 Å². The van der Waals surface area contributed by atoms with Gasteiger partial charge in [-0.25, -0.2) is 0 Å². The Morgan fingerprint density at radius 1 is 1.46 bits per heavy atom. The minimum Gasteiger partial charge on any atom is -0.398 e. The van der Waals surface area contributed by atoms with Gasteiger partial charge in [-0.15, -0.1) is 0 Å². The van der Waals surface area contributed by atoms with Crippen molar-refractivity contribution in [2.75, 3.05) is 19.8 Å². The van der Waals surface area contributed by atoms with Crippen LogP contribution in [-0.4, -0.2) is 29.9 Å². The largest absolute Gasteiger partial charge is 0.398 e. The summed E-state index contributed by atoms with van der Waals surface area (Å²) in [5.41, 5.74) is 7.53. The minimum absolute atomic E-state index is 0.117. The first-order valence-electron chi connectivity index (χ1n) is 3.95. The van der Waals surface area contributed by atoms with Gasteiger partial charge in [0.2, 0.25) is 0 Å². The second kappa shape index (κ2) is 3.43. The van der Waals surface area contributed by atoms with Crippen molar-refractivity contribution in [2.24, 2.45) is 0 Å². The van der Waals surface area contributed by atoms with Crippen molar-refractivity contribution in [3.8, 4) is 0 Å². The molecule has 0 spiro atoms. The quantitative estimate of drug-likeness (QED) is 0.689. The fourth-order valence-electron chi connectivity index (χ4n) is 0.986. The van der Waals surface area contributed by atoms with Crippen LogP contribution in [0.4, 0.5) is 5.69 Å². The van der Waals surface area contributed by atoms with Crippen LogP contribution in [0.25, 0.3) is 0 Å². The maximum atomic E-state index is 11.5. The summed E-state index contributed by atoms with van der Waals surface area (Å²) in [4.78, 5) is 16.9. The van der Waals surface area contributed by atoms with Crippen LogP contribution in [-0.2, 0) is 0 Å². The number of rotatable bonds is 1. The number of nitrogens with two attached hydrogens (primary N) is 1. The van der Waals surface area contributed by atoms with Crippen molar-refractivity contribution >= 4 is 11.6 Å². The number of anilines is 1. The molecule has 0 aliphatic heterocycles. The zero-order valence-corrected chi connectivity index (χ0v) is 8.03. The van der Waals surface area contributed by atoms with Gasteiger partial charge in [0.1, 0.15) is 0 Å². The van der Waals surface area contributed by atoms with Gasteiger partial charge in [0.25, 0.3) is 5.91 Å². The predicted molar refractivity (Wildman–Crippen MR) is 51.4 cm³/mol. The Balaban J connectivity index is 3.15. The molecule has 0 fully saturated rings. The summed E-state index contributed by atoms with van der Waals surface area (Å²) in [7, 11) is 3.37. The Bertz CT molecular complexity index is 334. The number of aromatic nitrogens is 1. The molecule has 13 heavy (non-hydrogen) atoms. The van der Waals surface area contributed by atoms with Crippen LogP contribution >= 0.6 is 0 Å². The maximum Gasteiger partial charge on any atom is 0.257 e. The fraction of sp³-hybridized carbons (Fsp3) is 0.333. The summed E-state index contributed by atoms with van der Waals surface area (Å²) in [5, 5.41) is 0. The summed E-state index contributed by atoms with van der Waals surface area (Å²) in [6.45, 7) is 1.83. The lowest BCUT2D eigenvalue weighted by Crippen LogP contribution is -2.23. The van der Waals surface area contributed by atoms with Gasteiger partial charge in [0.05, 0.1) is 11.3 Å². The molecule has 1 amide bonds. The highest BCUT2D eigenvalue weighted by atomic mass is 16.2. The fourth-order valence-corrected chi connectivity index (χ4v) is 0.986. The molecular weight excluding hydrogens is 166 g/mol. The van der Waals surface area contributed by atoms with Crippen LogP contribution in [0.15, 0.2) is 12.4 Å². The van der Waals surface area contributed by atoms with Crippen LogP contribution in [0.2, 0.25) is 0 Å². The third kappa shape index (κ3) is 1.77. The number of carbonyl (C=O) groups excluding carboxylic acids is 1. The van der Waals surface area contributed by atoms with E-state index in [4.69, 9.17) is 5.73 Å². The van der Waals surface area contributed by atoms with Crippen molar-refractivity contribution in [3.05, 3.63) is 23.5 Å². The van der Waals surface area contributed by atoms with Gasteiger partial charge in [-0.05, 0) is 12.5 Å². The van der Waals surface area contributed by atoms with Crippen molar-refractivity contribution in [2.45, 2.75) is 6.92 Å². The van der Waals surface area contributed by atoms with Gasteiger partial charge >= 0.3 is 0 Å². The van der Waals surface area contributed by atoms with Crippen molar-refractivity contribution < 1.29 is 4.79 Å². The molecule has 1 rings (SSSR count). The lowest BCUT2D eigenvalue weighted by Gasteiger charge is -2.12. The highest BCUT2D eigenvalue weighted by Crippen LogP contribution is 2.15. The second-order valence-corrected chi connectivity index (χ2v) is 3.12. The predicted octanol–water partition coefficient (Wildman–Crippen LogP) is 0.674. The highest BCUT2D eigenvalue weighted by Gasteiger charge is 2.12. The van der Waals surface area contributed by atoms with E-state index in [-0.39, 0.29) is 5.91 Å². The maximum absolute atomic E-state index is 11.5. The average Bonchev–Trinajstić information content (AvgIpc) is 2.08. The van der Waals surface area contributed by atoms with E-state index in [0.29, 0.717) is 11.3 Å². The van der Waals surface area contributed by atoms with E-state index in [0.717, 1.165) is 5.56 Å². The molecule has 0 unspecified atom stereocenters. The van der Waals surface area contributed by atoms with Crippen LogP contribution in [0.5, 0.6) is 0 Å². The summed E-state index contributed by atoms with van der Waals surface area (Å²) in [6.07, 6.45) is 3.13. The molecule has 4 nitrogen and oxygen atoms in total. The SMILES string of the molecule is Cc1cncc(C(=O)N(C)C)c1N. The molecule has 4 heteroatoms. The zero-order chi connectivity index (χ0) is 10.0. The number of nitrogens with zero attached hydrogens (tertiary/aromatic N) is 2. The van der Waals surface area contributed by atoms with Crippen molar-refractivity contribution in [3.63, 3.8) is 0 Å². The van der Waals surface area contributed by atoms with Gasteiger partial charge in [-0.2, -0.15) is 0 Å². The number of carbonyl (C=O) groups is 1. The summed E-state index contributed by atoms with van der Waals surface area (Å²) in [5.74, 6) is -0.117. The molecule has 0 aliphatic rings. The Kier molecular flexibility index (Phi) is 2.51. The number of nitrogen functional groups attached to an aromatic ring is 1. The second-order valence-electron chi connectivity index (χ2n) is 3.12. The van der Waals surface area contributed by atoms with E-state index in [2.05, 4.69) is 4.98 Å². The van der Waals surface area contributed by atoms with E-state index in [9.17, 15) is 4.79 Å². The molecule has 70 valence electrons. The highest BCUT2D eigenvalue weighted by molar-refractivity contribution is 5.99. The Morgan fingerprint density at radius 3 is 2.62 bits per heavy atom. The Hall–Kier alpha value is -1.58. The molecule has 1 heterocycles. The zero-order valence-electron chi connectivity index (χ0n) is 8.03. The van der Waals surface area contributed by atoms with Gasteiger partial charge in [0, 0.05) is 26.5 Å². The number of pyridine rings is 1. The monoisotopic (exact) mass is 179 g/mol. The summed E-state index contributed by atoms with van der Waals surface area (Å²) < 4.78 is 0. The van der Waals surface area contributed by atoms with Crippen molar-refractivity contribution in [1.29, 1.82) is 0 Å². The number of amides is 1. The average molecular weight is 179 g/mol. The van der Waals surface area contributed by atoms with Gasteiger partial charge in [0.15, 0.2) is 0 Å².